The van der Waals surface area contributed by atoms with E-state index in [0.717, 1.165) is 25.9 Å². The summed E-state index contributed by atoms with van der Waals surface area (Å²) in [4.78, 5) is 27.8. The van der Waals surface area contributed by atoms with Crippen LogP contribution in [0.2, 0.25) is 18.6 Å². The number of amides is 1. The van der Waals surface area contributed by atoms with Crippen LogP contribution in [0.1, 0.15) is 41.8 Å². The topological polar surface area (TPSA) is 101 Å². The van der Waals surface area contributed by atoms with Crippen LogP contribution in [-0.4, -0.2) is 45.2 Å². The number of carbonyl (C=O) groups excluding carboxylic acids is 1. The number of nitrogens with zero attached hydrogens (tertiary/aromatic N) is 4. The molecule has 0 unspecified atom stereocenters. The van der Waals surface area contributed by atoms with E-state index in [1.54, 1.807) is 10.9 Å². The number of rotatable bonds is 8. The Bertz CT molecular complexity index is 1590. The fourth-order valence-electron chi connectivity index (χ4n) is 6.89. The van der Waals surface area contributed by atoms with E-state index in [1.165, 1.54) is 0 Å². The third-order valence-electron chi connectivity index (χ3n) is 8.72. The van der Waals surface area contributed by atoms with Crippen molar-refractivity contribution in [1.82, 2.24) is 15.0 Å². The molecule has 1 saturated heterocycles. The first-order valence-electron chi connectivity index (χ1n) is 14.3. The van der Waals surface area contributed by atoms with Crippen LogP contribution in [0.5, 0.6) is 0 Å². The van der Waals surface area contributed by atoms with Crippen molar-refractivity contribution < 1.29 is 19.4 Å². The monoisotopic (exact) mass is 694 g/mol. The number of hydrogen-bond acceptors (Lipinski definition) is 6. The molecule has 1 amide bonds. The zero-order chi connectivity index (χ0) is 29.6. The maximum Gasteiger partial charge on any atom is 0.264 e. The Morgan fingerprint density at radius 1 is 1.07 bits per heavy atom. The quantitative estimate of drug-likeness (QED) is 0.189. The van der Waals surface area contributed by atoms with E-state index in [9.17, 15) is 14.7 Å². The first kappa shape index (κ1) is 29.2. The zero-order valence-corrected chi connectivity index (χ0v) is 27.0. The number of para-hydroxylation sites is 1. The van der Waals surface area contributed by atoms with E-state index in [1.807, 2.05) is 90.8 Å². The van der Waals surface area contributed by atoms with E-state index in [2.05, 4.69) is 45.9 Å². The molecule has 0 radical (unpaired) electrons. The van der Waals surface area contributed by atoms with Gasteiger partial charge >= 0.3 is 0 Å². The van der Waals surface area contributed by atoms with Gasteiger partial charge in [0.1, 0.15) is 11.8 Å². The molecule has 218 valence electrons. The predicted octanol–water partition coefficient (Wildman–Crippen LogP) is 5.40. The van der Waals surface area contributed by atoms with Crippen LogP contribution >= 0.6 is 22.6 Å². The average molecular weight is 695 g/mol. The van der Waals surface area contributed by atoms with Crippen LogP contribution in [0.25, 0.3) is 0 Å². The molecule has 42 heavy (non-hydrogen) atoms. The Balaban J connectivity index is 1.28. The van der Waals surface area contributed by atoms with Crippen molar-refractivity contribution in [1.29, 1.82) is 0 Å². The normalized spacial score (nSPS) is 24.4. The highest BCUT2D eigenvalue weighted by molar-refractivity contribution is 14.1. The van der Waals surface area contributed by atoms with Gasteiger partial charge in [0.15, 0.2) is 13.9 Å². The van der Waals surface area contributed by atoms with Crippen molar-refractivity contribution in [2.75, 3.05) is 4.90 Å². The lowest BCUT2D eigenvalue weighted by Gasteiger charge is -2.32. The highest BCUT2D eigenvalue weighted by Crippen LogP contribution is 2.59. The molecule has 0 aliphatic carbocycles. The molecule has 2 aliphatic rings. The summed E-state index contributed by atoms with van der Waals surface area (Å²) >= 11 is 2.29. The number of ether oxygens (including phenoxy) is 1. The van der Waals surface area contributed by atoms with Gasteiger partial charge in [-0.2, -0.15) is 0 Å². The Morgan fingerprint density at radius 3 is 2.55 bits per heavy atom. The number of aromatic nitrogens is 3. The van der Waals surface area contributed by atoms with Crippen molar-refractivity contribution >= 4 is 42.5 Å². The van der Waals surface area contributed by atoms with Crippen LogP contribution in [0.4, 0.5) is 5.69 Å². The smallest absolute Gasteiger partial charge is 0.264 e. The number of hydrogen-bond donors (Lipinski definition) is 2. The summed E-state index contributed by atoms with van der Waals surface area (Å²) in [6.45, 7) is 6.85. The molecule has 3 aromatic carbocycles. The lowest BCUT2D eigenvalue weighted by molar-refractivity contribution is -0.146. The van der Waals surface area contributed by atoms with Gasteiger partial charge in [-0.3, -0.25) is 9.48 Å². The van der Waals surface area contributed by atoms with Gasteiger partial charge < -0.3 is 19.5 Å². The highest BCUT2D eigenvalue weighted by Gasteiger charge is 2.66. The summed E-state index contributed by atoms with van der Waals surface area (Å²) in [7, 11) is -2.78. The van der Waals surface area contributed by atoms with Crippen LogP contribution in [-0.2, 0) is 28.2 Å². The number of aliphatic hydroxyl groups excluding tert-OH is 1. The van der Waals surface area contributed by atoms with Gasteiger partial charge in [-0.25, -0.2) is 0 Å². The van der Waals surface area contributed by atoms with Crippen molar-refractivity contribution in [2.24, 2.45) is 5.92 Å². The highest BCUT2D eigenvalue weighted by atomic mass is 127. The van der Waals surface area contributed by atoms with Crippen molar-refractivity contribution in [2.45, 2.75) is 62.9 Å². The second-order valence-electron chi connectivity index (χ2n) is 11.9. The molecule has 0 saturated carbocycles. The average Bonchev–Trinajstić information content (AvgIpc) is 3.63. The lowest BCUT2D eigenvalue weighted by Crippen LogP contribution is -2.46. The number of aliphatic hydroxyl groups is 1. The molecule has 1 fully saturated rings. The number of anilines is 1. The number of aryl methyl sites for hydroxylation is 1. The molecular formula is C32H35IN4O4Si. The van der Waals surface area contributed by atoms with E-state index >= 15 is 0 Å². The molecule has 8 nitrogen and oxygen atoms in total. The first-order chi connectivity index (χ1) is 20.1. The van der Waals surface area contributed by atoms with Crippen molar-refractivity contribution in [3.63, 3.8) is 0 Å². The standard InChI is InChI=1S/C32H35IN4O4Si/c1-21-30(42(2,3)40)28(16-17-36-20-26(34-35-36)29(38)23-11-5-4-6-12-23)41-32(21)25-14-7-8-15-27(25)37(31(32)39)19-22-10-9-13-24(33)18-22/h4-15,18,20-21,28-30,38,40H,16-17,19H2,1-3H3/t21-,28+,29-,30-,32+/m1/s1. The van der Waals surface area contributed by atoms with Crippen LogP contribution in [0.3, 0.4) is 0 Å². The summed E-state index contributed by atoms with van der Waals surface area (Å²) < 4.78 is 9.73. The van der Waals surface area contributed by atoms with Gasteiger partial charge in [-0.15, -0.1) is 5.10 Å². The summed E-state index contributed by atoms with van der Waals surface area (Å²) in [5, 5.41) is 19.2. The number of halogens is 1. The summed E-state index contributed by atoms with van der Waals surface area (Å²) in [5.41, 5.74) is 2.66. The minimum absolute atomic E-state index is 0.0742. The molecule has 5 atom stereocenters. The van der Waals surface area contributed by atoms with E-state index in [0.29, 0.717) is 25.2 Å². The third-order valence-corrected chi connectivity index (χ3v) is 11.9. The third kappa shape index (κ3) is 5.13. The fraction of sp³-hybridized carbons (Fsp3) is 0.344. The second kappa shape index (κ2) is 11.3. The molecule has 2 N–H and O–H groups in total. The molecule has 10 heteroatoms. The summed E-state index contributed by atoms with van der Waals surface area (Å²) in [5.74, 6) is -0.301. The number of fused-ring (bicyclic) bond motifs is 2. The minimum Gasteiger partial charge on any atom is -0.432 e. The van der Waals surface area contributed by atoms with Crippen LogP contribution in [0.15, 0.2) is 85.1 Å². The van der Waals surface area contributed by atoms with E-state index < -0.39 is 20.0 Å². The zero-order valence-electron chi connectivity index (χ0n) is 23.9. The molecule has 1 aromatic heterocycles. The predicted molar refractivity (Wildman–Crippen MR) is 171 cm³/mol. The van der Waals surface area contributed by atoms with E-state index in [4.69, 9.17) is 4.74 Å². The lowest BCUT2D eigenvalue weighted by atomic mass is 9.82. The van der Waals surface area contributed by atoms with Gasteiger partial charge in [0.25, 0.3) is 5.91 Å². The molecule has 1 spiro atoms. The number of carbonyl (C=O) groups is 1. The Hall–Kier alpha value is -2.90. The second-order valence-corrected chi connectivity index (χ2v) is 17.1. The number of benzene rings is 3. The maximum absolute atomic E-state index is 14.5. The minimum atomic E-state index is -2.78. The molecule has 3 heterocycles. The maximum atomic E-state index is 14.5. The molecule has 4 aromatic rings. The van der Waals surface area contributed by atoms with Crippen LogP contribution < -0.4 is 4.90 Å². The Morgan fingerprint density at radius 2 is 1.81 bits per heavy atom. The molecule has 6 rings (SSSR count). The summed E-state index contributed by atoms with van der Waals surface area (Å²) in [6.07, 6.45) is 1.08. The van der Waals surface area contributed by atoms with Gasteiger partial charge in [-0.1, -0.05) is 72.8 Å². The van der Waals surface area contributed by atoms with Crippen LogP contribution in [0, 0.1) is 9.49 Å². The SMILES string of the molecule is C[C@@H]1[C@@H]([Si](C)(C)O)[C@H](CCn2cc([C@H](O)c3ccccc3)nn2)O[C@@]12C(=O)N(Cc1cccc(I)c1)c1ccccc12. The largest absolute Gasteiger partial charge is 0.432 e. The fourth-order valence-corrected chi connectivity index (χ4v) is 10.1. The van der Waals surface area contributed by atoms with Crippen molar-refractivity contribution in [3.05, 3.63) is 111 Å². The Kier molecular flexibility index (Phi) is 7.86. The van der Waals surface area contributed by atoms with Gasteiger partial charge in [0, 0.05) is 27.1 Å². The molecular weight excluding hydrogens is 659 g/mol. The van der Waals surface area contributed by atoms with Gasteiger partial charge in [0.2, 0.25) is 0 Å². The molecule has 0 bridgehead atoms. The Labute approximate surface area is 260 Å². The first-order valence-corrected chi connectivity index (χ1v) is 18.4. The molecule has 2 aliphatic heterocycles. The summed E-state index contributed by atoms with van der Waals surface area (Å²) in [6, 6.07) is 25.5. The van der Waals surface area contributed by atoms with Gasteiger partial charge in [-0.05, 0) is 71.4 Å². The van der Waals surface area contributed by atoms with Gasteiger partial charge in [0.05, 0.1) is 24.5 Å². The van der Waals surface area contributed by atoms with Crippen molar-refractivity contribution in [3.8, 4) is 0 Å². The van der Waals surface area contributed by atoms with E-state index in [-0.39, 0.29) is 23.5 Å².